The third-order valence-corrected chi connectivity index (χ3v) is 6.42. The van der Waals surface area contributed by atoms with E-state index in [2.05, 4.69) is 5.32 Å². The molecule has 1 aliphatic heterocycles. The Labute approximate surface area is 219 Å². The van der Waals surface area contributed by atoms with Gasteiger partial charge in [-0.3, -0.25) is 19.2 Å². The molecule has 38 heavy (non-hydrogen) atoms. The lowest BCUT2D eigenvalue weighted by molar-refractivity contribution is -0.142. The highest BCUT2D eigenvalue weighted by Crippen LogP contribution is 2.23. The molecule has 3 aromatic rings. The zero-order chi connectivity index (χ0) is 27.2. The number of aryl methyl sites for hydroxylation is 1. The standard InChI is InChI=1S/C29H28FN3O5/c1-19-6-5-9-22(16-19)29(38)33-15-14-32(25(34)17-20-7-3-2-4-8-20)28(33)27(37)31-24(18-26(35)36)21-10-12-23(30)13-11-21/h2-13,16,24,28H,14-15,17-18H2,1H3,(H,31,37)(H,35,36). The number of nitrogens with zero attached hydrogens (tertiary/aromatic N) is 2. The lowest BCUT2D eigenvalue weighted by atomic mass is 10.0. The molecule has 0 radical (unpaired) electrons. The lowest BCUT2D eigenvalue weighted by Crippen LogP contribution is -2.54. The summed E-state index contributed by atoms with van der Waals surface area (Å²) in [5.74, 6) is -3.12. The minimum atomic E-state index is -1.28. The highest BCUT2D eigenvalue weighted by molar-refractivity contribution is 5.99. The molecule has 0 saturated carbocycles. The second-order valence-corrected chi connectivity index (χ2v) is 9.20. The van der Waals surface area contributed by atoms with Crippen molar-refractivity contribution < 1.29 is 28.7 Å². The monoisotopic (exact) mass is 517 g/mol. The molecule has 1 heterocycles. The second-order valence-electron chi connectivity index (χ2n) is 9.20. The molecule has 0 spiro atoms. The van der Waals surface area contributed by atoms with E-state index in [-0.39, 0.29) is 25.4 Å². The van der Waals surface area contributed by atoms with Gasteiger partial charge in [0.2, 0.25) is 5.91 Å². The van der Waals surface area contributed by atoms with Crippen molar-refractivity contribution in [3.05, 3.63) is 107 Å². The summed E-state index contributed by atoms with van der Waals surface area (Å²) in [6, 6.07) is 20.1. The summed E-state index contributed by atoms with van der Waals surface area (Å²) in [4.78, 5) is 54.7. The van der Waals surface area contributed by atoms with Crippen LogP contribution >= 0.6 is 0 Å². The summed E-state index contributed by atoms with van der Waals surface area (Å²) in [6.45, 7) is 2.12. The maximum atomic E-state index is 13.7. The predicted molar refractivity (Wildman–Crippen MR) is 137 cm³/mol. The Morgan fingerprint density at radius 1 is 0.947 bits per heavy atom. The third kappa shape index (κ3) is 6.23. The van der Waals surface area contributed by atoms with Gasteiger partial charge in [0.05, 0.1) is 18.9 Å². The molecule has 4 rings (SSSR count). The summed E-state index contributed by atoms with van der Waals surface area (Å²) in [7, 11) is 0. The van der Waals surface area contributed by atoms with E-state index in [9.17, 15) is 28.7 Å². The summed E-state index contributed by atoms with van der Waals surface area (Å²) in [6.07, 6.45) is -1.71. The average molecular weight is 518 g/mol. The summed E-state index contributed by atoms with van der Waals surface area (Å²) in [5.41, 5.74) is 2.39. The lowest BCUT2D eigenvalue weighted by Gasteiger charge is -2.31. The topological polar surface area (TPSA) is 107 Å². The smallest absolute Gasteiger partial charge is 0.305 e. The van der Waals surface area contributed by atoms with Crippen molar-refractivity contribution in [1.29, 1.82) is 0 Å². The van der Waals surface area contributed by atoms with Crippen molar-refractivity contribution in [1.82, 2.24) is 15.1 Å². The fourth-order valence-electron chi connectivity index (χ4n) is 4.57. The Hall–Kier alpha value is -4.53. The predicted octanol–water partition coefficient (Wildman–Crippen LogP) is 3.32. The third-order valence-electron chi connectivity index (χ3n) is 6.42. The van der Waals surface area contributed by atoms with Crippen LogP contribution in [0.4, 0.5) is 4.39 Å². The van der Waals surface area contributed by atoms with Crippen LogP contribution in [0.1, 0.15) is 39.5 Å². The Morgan fingerprint density at radius 2 is 1.63 bits per heavy atom. The first-order chi connectivity index (χ1) is 18.2. The molecule has 2 atom stereocenters. The number of carbonyl (C=O) groups is 4. The maximum absolute atomic E-state index is 13.7. The number of hydrogen-bond acceptors (Lipinski definition) is 4. The number of rotatable bonds is 8. The van der Waals surface area contributed by atoms with Gasteiger partial charge in [-0.15, -0.1) is 0 Å². The quantitative estimate of drug-likeness (QED) is 0.477. The van der Waals surface area contributed by atoms with Gasteiger partial charge in [0.1, 0.15) is 5.82 Å². The van der Waals surface area contributed by atoms with E-state index in [1.165, 1.54) is 34.1 Å². The van der Waals surface area contributed by atoms with Crippen molar-refractivity contribution in [2.45, 2.75) is 32.0 Å². The van der Waals surface area contributed by atoms with E-state index in [0.717, 1.165) is 11.1 Å². The van der Waals surface area contributed by atoms with Gasteiger partial charge in [0, 0.05) is 18.7 Å². The Balaban J connectivity index is 1.64. The number of hydrogen-bond donors (Lipinski definition) is 2. The minimum Gasteiger partial charge on any atom is -0.481 e. The number of nitrogens with one attached hydrogen (secondary N) is 1. The number of benzene rings is 3. The highest BCUT2D eigenvalue weighted by Gasteiger charge is 2.43. The molecular weight excluding hydrogens is 489 g/mol. The number of carboxylic acids is 1. The van der Waals surface area contributed by atoms with Gasteiger partial charge in [-0.05, 0) is 42.3 Å². The normalized spacial score (nSPS) is 15.7. The molecular formula is C29H28FN3O5. The number of carbonyl (C=O) groups excluding carboxylic acids is 3. The molecule has 3 aromatic carbocycles. The summed E-state index contributed by atoms with van der Waals surface area (Å²) >= 11 is 0. The van der Waals surface area contributed by atoms with Crippen LogP contribution in [0.5, 0.6) is 0 Å². The fraction of sp³-hybridized carbons (Fsp3) is 0.241. The van der Waals surface area contributed by atoms with Gasteiger partial charge in [0.15, 0.2) is 6.17 Å². The second kappa shape index (κ2) is 11.7. The fourth-order valence-corrected chi connectivity index (χ4v) is 4.57. The van der Waals surface area contributed by atoms with Crippen LogP contribution in [-0.2, 0) is 20.8 Å². The molecule has 0 aromatic heterocycles. The largest absolute Gasteiger partial charge is 0.481 e. The zero-order valence-electron chi connectivity index (χ0n) is 20.8. The van der Waals surface area contributed by atoms with Crippen LogP contribution in [-0.4, -0.2) is 57.9 Å². The first kappa shape index (κ1) is 26.5. The van der Waals surface area contributed by atoms with Gasteiger partial charge >= 0.3 is 5.97 Å². The van der Waals surface area contributed by atoms with Gasteiger partial charge in [-0.1, -0.05) is 60.2 Å². The van der Waals surface area contributed by atoms with E-state index < -0.39 is 42.2 Å². The number of carboxylic acid groups (broad SMARTS) is 1. The van der Waals surface area contributed by atoms with E-state index in [4.69, 9.17) is 0 Å². The van der Waals surface area contributed by atoms with E-state index in [1.807, 2.05) is 31.2 Å². The van der Waals surface area contributed by atoms with Crippen LogP contribution in [0.15, 0.2) is 78.9 Å². The van der Waals surface area contributed by atoms with Gasteiger partial charge < -0.3 is 20.2 Å². The maximum Gasteiger partial charge on any atom is 0.305 e. The van der Waals surface area contributed by atoms with E-state index in [1.54, 1.807) is 30.3 Å². The Kier molecular flexibility index (Phi) is 8.15. The van der Waals surface area contributed by atoms with Crippen molar-refractivity contribution in [2.75, 3.05) is 13.1 Å². The van der Waals surface area contributed by atoms with Gasteiger partial charge in [0.25, 0.3) is 11.8 Å². The summed E-state index contributed by atoms with van der Waals surface area (Å²) in [5, 5.41) is 12.1. The molecule has 2 unspecified atom stereocenters. The van der Waals surface area contributed by atoms with Crippen molar-refractivity contribution in [3.63, 3.8) is 0 Å². The first-order valence-corrected chi connectivity index (χ1v) is 12.2. The molecule has 2 N–H and O–H groups in total. The molecule has 0 bridgehead atoms. The number of aliphatic carboxylic acids is 1. The van der Waals surface area contributed by atoms with Crippen LogP contribution in [0, 0.1) is 12.7 Å². The Bertz CT molecular complexity index is 1330. The van der Waals surface area contributed by atoms with E-state index in [0.29, 0.717) is 11.1 Å². The zero-order valence-corrected chi connectivity index (χ0v) is 20.8. The molecule has 1 fully saturated rings. The van der Waals surface area contributed by atoms with Crippen LogP contribution in [0.25, 0.3) is 0 Å². The van der Waals surface area contributed by atoms with Crippen LogP contribution < -0.4 is 5.32 Å². The van der Waals surface area contributed by atoms with Gasteiger partial charge in [-0.25, -0.2) is 4.39 Å². The Morgan fingerprint density at radius 3 is 2.29 bits per heavy atom. The van der Waals surface area contributed by atoms with Crippen LogP contribution in [0.2, 0.25) is 0 Å². The molecule has 3 amide bonds. The molecule has 1 aliphatic rings. The molecule has 0 aliphatic carbocycles. The number of halogens is 1. The average Bonchev–Trinajstić information content (AvgIpc) is 3.34. The molecule has 1 saturated heterocycles. The number of amides is 3. The van der Waals surface area contributed by atoms with Crippen molar-refractivity contribution in [3.8, 4) is 0 Å². The molecule has 9 heteroatoms. The minimum absolute atomic E-state index is 0.0353. The van der Waals surface area contributed by atoms with Crippen molar-refractivity contribution >= 4 is 23.7 Å². The van der Waals surface area contributed by atoms with Crippen LogP contribution in [0.3, 0.4) is 0 Å². The highest BCUT2D eigenvalue weighted by atomic mass is 19.1. The summed E-state index contributed by atoms with van der Waals surface area (Å²) < 4.78 is 13.5. The van der Waals surface area contributed by atoms with Gasteiger partial charge in [-0.2, -0.15) is 0 Å². The SMILES string of the molecule is Cc1cccc(C(=O)N2CCN(C(=O)Cc3ccccc3)C2C(=O)NC(CC(=O)O)c2ccc(F)cc2)c1. The molecule has 8 nitrogen and oxygen atoms in total. The van der Waals surface area contributed by atoms with Crippen molar-refractivity contribution in [2.24, 2.45) is 0 Å². The van der Waals surface area contributed by atoms with E-state index >= 15 is 0 Å². The first-order valence-electron chi connectivity index (χ1n) is 12.2. The molecule has 196 valence electrons.